The van der Waals surface area contributed by atoms with Crippen LogP contribution in [-0.4, -0.2) is 17.3 Å². The molecule has 6 nitrogen and oxygen atoms in total. The predicted molar refractivity (Wildman–Crippen MR) is 77.2 cm³/mol. The molecule has 21 heavy (non-hydrogen) atoms. The van der Waals surface area contributed by atoms with Crippen molar-refractivity contribution >= 4 is 11.5 Å². The zero-order valence-electron chi connectivity index (χ0n) is 12.4. The Kier molecular flexibility index (Phi) is 5.42. The molecule has 0 unspecified atom stereocenters. The first-order valence-electron chi connectivity index (χ1n) is 6.60. The second kappa shape index (κ2) is 6.84. The van der Waals surface area contributed by atoms with Crippen LogP contribution in [-0.2, 0) is 0 Å². The molecule has 0 saturated carbocycles. The van der Waals surface area contributed by atoms with Crippen LogP contribution in [0.15, 0.2) is 18.2 Å². The molecule has 1 aromatic rings. The number of Topliss-reactive ketones (excluding diaryl/α,β-unsaturated/α-hetero) is 1. The van der Waals surface area contributed by atoms with Crippen LogP contribution in [0, 0.1) is 26.9 Å². The van der Waals surface area contributed by atoms with Crippen LogP contribution in [0.5, 0.6) is 5.75 Å². The summed E-state index contributed by atoms with van der Waals surface area (Å²) in [4.78, 5) is 21.7. The molecule has 0 aliphatic heterocycles. The maximum absolute atomic E-state index is 11.5. The van der Waals surface area contributed by atoms with Crippen molar-refractivity contribution in [3.8, 4) is 11.8 Å². The van der Waals surface area contributed by atoms with Gasteiger partial charge < -0.3 is 4.74 Å². The number of hydrogen-bond donors (Lipinski definition) is 0. The number of nitriles is 1. The van der Waals surface area contributed by atoms with Crippen molar-refractivity contribution in [1.82, 2.24) is 0 Å². The summed E-state index contributed by atoms with van der Waals surface area (Å²) in [6, 6.07) is 6.17. The van der Waals surface area contributed by atoms with Gasteiger partial charge in [0.1, 0.15) is 5.75 Å². The van der Waals surface area contributed by atoms with Crippen molar-refractivity contribution in [2.75, 3.05) is 6.61 Å². The maximum Gasteiger partial charge on any atom is 0.270 e. The Balaban J connectivity index is 2.73. The van der Waals surface area contributed by atoms with E-state index in [0.717, 1.165) is 0 Å². The Morgan fingerprint density at radius 1 is 1.48 bits per heavy atom. The van der Waals surface area contributed by atoms with Crippen LogP contribution in [0.2, 0.25) is 0 Å². The Bertz CT molecular complexity index is 588. The lowest BCUT2D eigenvalue weighted by Crippen LogP contribution is -2.11. The molecule has 0 bridgehead atoms. The van der Waals surface area contributed by atoms with Gasteiger partial charge >= 0.3 is 0 Å². The normalized spacial score (nSPS) is 10.8. The van der Waals surface area contributed by atoms with Crippen LogP contribution in [0.25, 0.3) is 0 Å². The van der Waals surface area contributed by atoms with Gasteiger partial charge in [0.2, 0.25) is 0 Å². The van der Waals surface area contributed by atoms with Gasteiger partial charge in [-0.15, -0.1) is 0 Å². The first-order valence-corrected chi connectivity index (χ1v) is 6.60. The molecule has 1 aromatic carbocycles. The minimum Gasteiger partial charge on any atom is -0.493 e. The average molecular weight is 290 g/mol. The lowest BCUT2D eigenvalue weighted by atomic mass is 9.90. The number of non-ortho nitro benzene ring substituents is 1. The fourth-order valence-electron chi connectivity index (χ4n) is 1.78. The molecule has 0 amide bonds. The molecule has 0 radical (unpaired) electrons. The Hall–Kier alpha value is -2.42. The van der Waals surface area contributed by atoms with E-state index in [0.29, 0.717) is 25.2 Å². The second-order valence-corrected chi connectivity index (χ2v) is 5.44. The zero-order chi connectivity index (χ0) is 16.0. The van der Waals surface area contributed by atoms with Crippen molar-refractivity contribution in [2.24, 2.45) is 5.41 Å². The van der Waals surface area contributed by atoms with Crippen LogP contribution in [0.1, 0.15) is 44.0 Å². The van der Waals surface area contributed by atoms with E-state index in [4.69, 9.17) is 10.00 Å². The van der Waals surface area contributed by atoms with Gasteiger partial charge in [-0.2, -0.15) is 5.26 Å². The van der Waals surface area contributed by atoms with Crippen LogP contribution in [0.3, 0.4) is 0 Å². The smallest absolute Gasteiger partial charge is 0.270 e. The molecule has 0 N–H and O–H groups in total. The van der Waals surface area contributed by atoms with Gasteiger partial charge in [-0.3, -0.25) is 14.9 Å². The Labute approximate surface area is 123 Å². The van der Waals surface area contributed by atoms with Gasteiger partial charge in [0.25, 0.3) is 5.69 Å². The number of benzene rings is 1. The van der Waals surface area contributed by atoms with Crippen molar-refractivity contribution in [3.05, 3.63) is 33.9 Å². The minimum absolute atomic E-state index is 0.141. The van der Waals surface area contributed by atoms with Crippen LogP contribution >= 0.6 is 0 Å². The standard InChI is InChI=1S/C15H18N2O4/c1-11(18)13-9-12(17(19)20)5-6-14(13)21-8-4-7-15(2,3)10-16/h5-6,9H,4,7-8H2,1-3H3. The number of ether oxygens (including phenoxy) is 1. The largest absolute Gasteiger partial charge is 0.493 e. The molecule has 0 aliphatic rings. The maximum atomic E-state index is 11.5. The molecule has 0 heterocycles. The van der Waals surface area contributed by atoms with E-state index >= 15 is 0 Å². The monoisotopic (exact) mass is 290 g/mol. The number of nitro benzene ring substituents is 1. The van der Waals surface area contributed by atoms with E-state index < -0.39 is 10.3 Å². The SMILES string of the molecule is CC(=O)c1cc([N+](=O)[O-])ccc1OCCCC(C)(C)C#N. The summed E-state index contributed by atoms with van der Waals surface area (Å²) in [5, 5.41) is 19.6. The van der Waals surface area contributed by atoms with Crippen molar-refractivity contribution in [3.63, 3.8) is 0 Å². The van der Waals surface area contributed by atoms with E-state index in [1.54, 1.807) is 0 Å². The van der Waals surface area contributed by atoms with Crippen molar-refractivity contribution < 1.29 is 14.5 Å². The number of carbonyl (C=O) groups excluding carboxylic acids is 1. The van der Waals surface area contributed by atoms with E-state index in [1.165, 1.54) is 25.1 Å². The number of carbonyl (C=O) groups is 1. The summed E-state index contributed by atoms with van der Waals surface area (Å²) in [5.41, 5.74) is -0.357. The van der Waals surface area contributed by atoms with Gasteiger partial charge in [0, 0.05) is 12.1 Å². The van der Waals surface area contributed by atoms with E-state index in [1.807, 2.05) is 13.8 Å². The van der Waals surface area contributed by atoms with Crippen molar-refractivity contribution in [1.29, 1.82) is 5.26 Å². The number of hydrogen-bond acceptors (Lipinski definition) is 5. The summed E-state index contributed by atoms with van der Waals surface area (Å²) >= 11 is 0. The Morgan fingerprint density at radius 3 is 2.67 bits per heavy atom. The van der Waals surface area contributed by atoms with Gasteiger partial charge in [-0.1, -0.05) is 0 Å². The summed E-state index contributed by atoms with van der Waals surface area (Å²) in [6.45, 7) is 5.38. The van der Waals surface area contributed by atoms with Gasteiger partial charge in [-0.25, -0.2) is 0 Å². The highest BCUT2D eigenvalue weighted by molar-refractivity contribution is 5.97. The fourth-order valence-corrected chi connectivity index (χ4v) is 1.78. The highest BCUT2D eigenvalue weighted by atomic mass is 16.6. The molecule has 0 saturated heterocycles. The number of nitrogens with zero attached hydrogens (tertiary/aromatic N) is 2. The first kappa shape index (κ1) is 16.6. The molecule has 0 aliphatic carbocycles. The number of nitro groups is 1. The molecule has 0 aromatic heterocycles. The van der Waals surface area contributed by atoms with Crippen molar-refractivity contribution in [2.45, 2.75) is 33.6 Å². The lowest BCUT2D eigenvalue weighted by Gasteiger charge is -2.15. The van der Waals surface area contributed by atoms with E-state index in [2.05, 4.69) is 6.07 Å². The van der Waals surface area contributed by atoms with Crippen LogP contribution < -0.4 is 4.74 Å². The summed E-state index contributed by atoms with van der Waals surface area (Å²) in [6.07, 6.45) is 1.33. The minimum atomic E-state index is -0.550. The summed E-state index contributed by atoms with van der Waals surface area (Å²) < 4.78 is 5.52. The Morgan fingerprint density at radius 2 is 2.14 bits per heavy atom. The summed E-state index contributed by atoms with van der Waals surface area (Å²) in [7, 11) is 0. The summed E-state index contributed by atoms with van der Waals surface area (Å²) in [5.74, 6) is 0.0499. The fraction of sp³-hybridized carbons (Fsp3) is 0.467. The quantitative estimate of drug-likeness (QED) is 0.331. The molecular weight excluding hydrogens is 272 g/mol. The van der Waals surface area contributed by atoms with Gasteiger partial charge in [0.15, 0.2) is 5.78 Å². The zero-order valence-corrected chi connectivity index (χ0v) is 12.4. The highest BCUT2D eigenvalue weighted by Gasteiger charge is 2.17. The molecule has 1 rings (SSSR count). The second-order valence-electron chi connectivity index (χ2n) is 5.44. The molecule has 0 fully saturated rings. The number of ketones is 1. The van der Waals surface area contributed by atoms with Gasteiger partial charge in [0.05, 0.1) is 28.6 Å². The van der Waals surface area contributed by atoms with E-state index in [9.17, 15) is 14.9 Å². The molecular formula is C15H18N2O4. The molecule has 6 heteroatoms. The lowest BCUT2D eigenvalue weighted by molar-refractivity contribution is -0.384. The average Bonchev–Trinajstić information content (AvgIpc) is 2.43. The molecule has 0 atom stereocenters. The van der Waals surface area contributed by atoms with Crippen LogP contribution in [0.4, 0.5) is 5.69 Å². The molecule has 112 valence electrons. The third-order valence-corrected chi connectivity index (χ3v) is 3.06. The predicted octanol–water partition coefficient (Wildman–Crippen LogP) is 3.51. The topological polar surface area (TPSA) is 93.2 Å². The molecule has 0 spiro atoms. The third-order valence-electron chi connectivity index (χ3n) is 3.06. The van der Waals surface area contributed by atoms with E-state index in [-0.39, 0.29) is 17.0 Å². The highest BCUT2D eigenvalue weighted by Crippen LogP contribution is 2.26. The third kappa shape index (κ3) is 4.88. The number of rotatable bonds is 7. The van der Waals surface area contributed by atoms with Gasteiger partial charge in [-0.05, 0) is 39.7 Å². The first-order chi connectivity index (χ1) is 9.76.